The molecule has 0 aliphatic carbocycles. The Bertz CT molecular complexity index is 6290. The molecule has 15 rings (SSSR count). The lowest BCUT2D eigenvalue weighted by atomic mass is 9.89. The number of unbranched alkanes of at least 4 members (excludes halogenated alkanes) is 12. The number of carbonyl (C=O) groups is 7. The Kier molecular flexibility index (Phi) is 42.3. The van der Waals surface area contributed by atoms with E-state index in [1.165, 1.54) is 98.1 Å². The quantitative estimate of drug-likeness (QED) is 0.0254. The highest BCUT2D eigenvalue weighted by molar-refractivity contribution is 7.15. The molecule has 3 aliphatic heterocycles. The van der Waals surface area contributed by atoms with Gasteiger partial charge in [0.05, 0.1) is 40.4 Å². The van der Waals surface area contributed by atoms with Crippen molar-refractivity contribution in [2.45, 2.75) is 240 Å². The molecule has 3 saturated heterocycles. The maximum atomic E-state index is 13.8. The standard InChI is InChI=1S/C42H52N4O4S.C42H54N4O3S.C41H52N4O3S/c1-7-8-9-10-11-22-50-35-18-16-30(17-19-35)33-25-43-39(44-26-33)31-14-12-29(13-15-31)23-32(41(49)46-27-34(28-46)40(48)45(5)6)24-36(47)37-20-21-38(51-37)42(2,3)4;1-7-8-9-10-11-22-49-36-18-16-32(17-19-36)35-25-43-40(44-26-35)33-14-12-30(13-15-33)23-34(41(48)46-28-31(29-46)27-45(5)6)24-37(47)38-20-21-39(50-38)42(2,3)4;1-7-8-9-10-11-22-48-35-18-16-30(17-19-35)33-25-42-39(43-26-33)31-14-12-29(13-15-31)23-32(40(47)45-27-34(28-45)44(5)6)24-36(46)37-20-21-38(49-37)41(2,3)4/h12-21,25-26,32,34H,7-11,22-24,27-28H2,1-6H3;12-21,25-26,31,34H,7-11,22-24,27-29H2,1-6H3;12-21,25-26,32,34H,7-11,22-24,27-28H2,1-6H3/t32-;34-;32-/m111/s1. The molecule has 4 amide bonds. The Morgan fingerprint density at radius 3 is 0.847 bits per heavy atom. The number of hydrogen-bond donors (Lipinski definition) is 0. The van der Waals surface area contributed by atoms with Crippen LogP contribution in [0.1, 0.15) is 259 Å². The fourth-order valence-corrected chi connectivity index (χ4v) is 21.7. The fourth-order valence-electron chi connectivity index (χ4n) is 18.7. The Morgan fingerprint density at radius 2 is 0.593 bits per heavy atom. The number of benzene rings is 6. The highest BCUT2D eigenvalue weighted by Crippen LogP contribution is 2.39. The Morgan fingerprint density at radius 1 is 0.327 bits per heavy atom. The van der Waals surface area contributed by atoms with Gasteiger partial charge in [-0.15, -0.1) is 34.0 Å². The van der Waals surface area contributed by atoms with Crippen molar-refractivity contribution >= 4 is 75.0 Å². The molecule has 3 atom stereocenters. The van der Waals surface area contributed by atoms with E-state index in [9.17, 15) is 33.6 Å². The Hall–Kier alpha value is -12.1. The molecular weight excluding hydrogens is 1930 g/mol. The molecule has 25 heteroatoms. The zero-order valence-corrected chi connectivity index (χ0v) is 94.3. The second-order valence-electron chi connectivity index (χ2n) is 44.6. The third kappa shape index (κ3) is 33.7. The monoisotopic (exact) mass is 2080 g/mol. The zero-order chi connectivity index (χ0) is 107. The number of likely N-dealkylation sites (tertiary alicyclic amines) is 3. The van der Waals surface area contributed by atoms with Crippen LogP contribution in [0.3, 0.4) is 0 Å². The maximum Gasteiger partial charge on any atom is 0.228 e. The van der Waals surface area contributed by atoms with Crippen molar-refractivity contribution in [1.29, 1.82) is 0 Å². The number of ketones is 3. The van der Waals surface area contributed by atoms with Crippen LogP contribution < -0.4 is 14.2 Å². The summed E-state index contributed by atoms with van der Waals surface area (Å²) in [5.74, 6) is 3.59. The van der Waals surface area contributed by atoms with E-state index < -0.39 is 17.8 Å². The predicted octanol–water partition coefficient (Wildman–Crippen LogP) is 26.2. The molecule has 6 aromatic carbocycles. The van der Waals surface area contributed by atoms with Crippen molar-refractivity contribution in [3.63, 3.8) is 0 Å². The van der Waals surface area contributed by atoms with Crippen LogP contribution in [-0.4, -0.2) is 214 Å². The maximum absolute atomic E-state index is 13.8. The van der Waals surface area contributed by atoms with Crippen LogP contribution in [0.2, 0.25) is 0 Å². The third-order valence-electron chi connectivity index (χ3n) is 28.1. The van der Waals surface area contributed by atoms with Gasteiger partial charge in [-0.05, 0) is 189 Å². The lowest BCUT2D eigenvalue weighted by molar-refractivity contribution is -0.149. The molecule has 0 N–H and O–H groups in total. The van der Waals surface area contributed by atoms with E-state index >= 15 is 0 Å². The van der Waals surface area contributed by atoms with Gasteiger partial charge in [0.1, 0.15) is 17.2 Å². The normalized spacial score (nSPS) is 14.0. The number of Topliss-reactive ketones (excluding diaryl/α,β-unsaturated/α-hetero) is 3. The van der Waals surface area contributed by atoms with E-state index in [-0.39, 0.29) is 82.4 Å². The molecule has 796 valence electrons. The molecule has 3 aliphatic rings. The second-order valence-corrected chi connectivity index (χ2v) is 47.8. The van der Waals surface area contributed by atoms with Gasteiger partial charge in [0.25, 0.3) is 0 Å². The van der Waals surface area contributed by atoms with Crippen LogP contribution in [-0.2, 0) is 54.7 Å². The SMILES string of the molecule is CCCCCCCOc1ccc(-c2cnc(-c3ccc(C[C@H](CC(=O)c4ccc(C(C)(C)C)s4)C(=O)N4CC(C(=O)N(C)C)C4)cc3)nc2)cc1.CCCCCCCOc1ccc(-c2cnc(-c3ccc(C[C@H](CC(=O)c4ccc(C(C)(C)C)s4)C(=O)N4CC(CN(C)C)C4)cc3)nc2)cc1.CCCCCCCOc1ccc(-c2cnc(-c3ccc(C[C@H](CC(=O)c4ccc(C(C)(C)C)s4)C(=O)N4CC(N(C)C)C4)cc3)nc2)cc1. The summed E-state index contributed by atoms with van der Waals surface area (Å²) in [4.78, 5) is 139. The highest BCUT2D eigenvalue weighted by atomic mass is 32.1. The average molecular weight is 2080 g/mol. The van der Waals surface area contributed by atoms with Gasteiger partial charge >= 0.3 is 0 Å². The van der Waals surface area contributed by atoms with Crippen LogP contribution in [0.5, 0.6) is 17.2 Å². The molecular formula is C125H158N12O10S3. The first-order chi connectivity index (χ1) is 71.9. The lowest BCUT2D eigenvalue weighted by Gasteiger charge is -2.44. The van der Waals surface area contributed by atoms with E-state index in [0.29, 0.717) is 79.8 Å². The van der Waals surface area contributed by atoms with E-state index in [1.54, 1.807) is 46.6 Å². The molecule has 9 heterocycles. The summed E-state index contributed by atoms with van der Waals surface area (Å²) in [5, 5.41) is 0. The number of nitrogens with zero attached hydrogens (tertiary/aromatic N) is 12. The molecule has 3 fully saturated rings. The second kappa shape index (κ2) is 55.2. The van der Waals surface area contributed by atoms with Gasteiger partial charge in [-0.25, -0.2) is 29.9 Å². The average Bonchev–Trinajstić information content (AvgIpc) is 1.26. The minimum atomic E-state index is -0.530. The number of carbonyl (C=O) groups excluding carboxylic acids is 7. The number of aromatic nitrogens is 6. The number of thiophene rings is 3. The van der Waals surface area contributed by atoms with Crippen molar-refractivity contribution in [2.75, 3.05) is 108 Å². The van der Waals surface area contributed by atoms with Crippen LogP contribution in [0, 0.1) is 29.6 Å². The first-order valence-corrected chi connectivity index (χ1v) is 56.6. The molecule has 6 aromatic heterocycles. The van der Waals surface area contributed by atoms with Gasteiger partial charge < -0.3 is 43.6 Å². The number of rotatable bonds is 49. The van der Waals surface area contributed by atoms with E-state index in [4.69, 9.17) is 14.2 Å². The zero-order valence-electron chi connectivity index (χ0n) is 91.8. The largest absolute Gasteiger partial charge is 0.494 e. The van der Waals surface area contributed by atoms with E-state index in [0.717, 1.165) is 157 Å². The molecule has 0 unspecified atom stereocenters. The van der Waals surface area contributed by atoms with Crippen molar-refractivity contribution in [3.8, 4) is 84.8 Å². The molecule has 150 heavy (non-hydrogen) atoms. The van der Waals surface area contributed by atoms with Gasteiger partial charge in [-0.1, -0.05) is 269 Å². The molecule has 22 nitrogen and oxygen atoms in total. The van der Waals surface area contributed by atoms with E-state index in [2.05, 4.69) is 137 Å². The summed E-state index contributed by atoms with van der Waals surface area (Å²) in [6.07, 6.45) is 31.3. The summed E-state index contributed by atoms with van der Waals surface area (Å²) in [7, 11) is 11.7. The van der Waals surface area contributed by atoms with Gasteiger partial charge in [0.15, 0.2) is 34.8 Å². The molecule has 0 bridgehead atoms. The molecule has 0 radical (unpaired) electrons. The van der Waals surface area contributed by atoms with Crippen LogP contribution >= 0.6 is 34.0 Å². The van der Waals surface area contributed by atoms with E-state index in [1.807, 2.05) is 243 Å². The molecule has 12 aromatic rings. The summed E-state index contributed by atoms with van der Waals surface area (Å²) < 4.78 is 17.7. The number of ether oxygens (including phenoxy) is 3. The minimum Gasteiger partial charge on any atom is -0.494 e. The summed E-state index contributed by atoms with van der Waals surface area (Å²) in [6.45, 7) is 32.9. The highest BCUT2D eigenvalue weighted by Gasteiger charge is 2.42. The lowest BCUT2D eigenvalue weighted by Crippen LogP contribution is -2.60. The summed E-state index contributed by atoms with van der Waals surface area (Å²) >= 11 is 4.60. The smallest absolute Gasteiger partial charge is 0.228 e. The van der Waals surface area contributed by atoms with Crippen molar-refractivity contribution in [1.82, 2.24) is 59.3 Å². The number of likely N-dealkylation sites (N-methyl/N-ethyl adjacent to an activating group) is 1. The summed E-state index contributed by atoms with van der Waals surface area (Å²) in [6, 6.07) is 60.5. The topological polar surface area (TPSA) is 244 Å². The minimum absolute atomic E-state index is 0.0169. The third-order valence-corrected chi connectivity index (χ3v) is 32.8. The number of amides is 4. The van der Waals surface area contributed by atoms with Gasteiger partial charge in [-0.2, -0.15) is 0 Å². The van der Waals surface area contributed by atoms with Gasteiger partial charge in [0, 0.05) is 194 Å². The predicted molar refractivity (Wildman–Crippen MR) is 610 cm³/mol. The van der Waals surface area contributed by atoms with Crippen molar-refractivity contribution in [3.05, 3.63) is 265 Å². The fraction of sp³-hybridized carbons (Fsp3) is 0.464. The van der Waals surface area contributed by atoms with Crippen LogP contribution in [0.4, 0.5) is 0 Å². The first-order valence-electron chi connectivity index (χ1n) is 54.2. The van der Waals surface area contributed by atoms with Crippen LogP contribution in [0.25, 0.3) is 67.5 Å². The Labute approximate surface area is 903 Å². The van der Waals surface area contributed by atoms with Crippen molar-refractivity contribution in [2.24, 2.45) is 29.6 Å². The molecule has 0 saturated carbocycles. The first kappa shape index (κ1) is 115. The van der Waals surface area contributed by atoms with Gasteiger partial charge in [-0.3, -0.25) is 33.6 Å². The molecule has 0 spiro atoms. The van der Waals surface area contributed by atoms with Crippen LogP contribution in [0.15, 0.2) is 219 Å². The number of hydrogen-bond acceptors (Lipinski definition) is 21. The van der Waals surface area contributed by atoms with Gasteiger partial charge in [0.2, 0.25) is 23.6 Å². The van der Waals surface area contributed by atoms with Crippen molar-refractivity contribution < 1.29 is 47.8 Å². The summed E-state index contributed by atoms with van der Waals surface area (Å²) in [5.41, 5.74) is 11.5. The Balaban J connectivity index is 0.000000187.